The minimum absolute atomic E-state index is 0.245. The third-order valence-corrected chi connectivity index (χ3v) is 5.25. The van der Waals surface area contributed by atoms with Crippen LogP contribution in [0.2, 0.25) is 10.0 Å². The maximum Gasteiger partial charge on any atom is 0.302 e. The number of aromatic nitrogens is 2. The van der Waals surface area contributed by atoms with Gasteiger partial charge in [-0.3, -0.25) is 4.79 Å². The highest BCUT2D eigenvalue weighted by molar-refractivity contribution is 6.39. The molecule has 0 atom stereocenters. The van der Waals surface area contributed by atoms with Crippen LogP contribution >= 0.6 is 23.2 Å². The van der Waals surface area contributed by atoms with Crippen molar-refractivity contribution in [2.24, 2.45) is 7.05 Å². The van der Waals surface area contributed by atoms with Crippen LogP contribution in [0.25, 0.3) is 11.0 Å². The Balaban J connectivity index is 0.000000523. The first kappa shape index (κ1) is 23.4. The Labute approximate surface area is 196 Å². The van der Waals surface area contributed by atoms with Crippen molar-refractivity contribution in [2.75, 3.05) is 12.4 Å². The molecule has 0 bridgehead atoms. The summed E-state index contributed by atoms with van der Waals surface area (Å²) in [5.74, 6) is 1.39. The van der Waals surface area contributed by atoms with Crippen LogP contribution < -0.4 is 10.1 Å². The van der Waals surface area contributed by atoms with Gasteiger partial charge in [0.1, 0.15) is 18.2 Å². The number of anilines is 2. The standard InChI is InChI=1S/C21H17Cl2N3O.C3H6O2/c1-26-19-8-3-2-7-18(19)25-20(26)13-27-15-11-9-14(10-12-15)24-21-16(22)5-4-6-17(21)23;1-3(4)5-2/h2-12,24H,13H2,1H3;1-2H3. The molecule has 0 radical (unpaired) electrons. The average molecular weight is 472 g/mol. The van der Waals surface area contributed by atoms with Gasteiger partial charge in [0.05, 0.1) is 33.9 Å². The van der Waals surface area contributed by atoms with Crippen LogP contribution in [0.1, 0.15) is 12.7 Å². The van der Waals surface area contributed by atoms with Gasteiger partial charge in [-0.05, 0) is 48.5 Å². The van der Waals surface area contributed by atoms with E-state index in [1.807, 2.05) is 66.2 Å². The number of hydrogen-bond acceptors (Lipinski definition) is 5. The van der Waals surface area contributed by atoms with Crippen molar-refractivity contribution in [3.63, 3.8) is 0 Å². The van der Waals surface area contributed by atoms with Gasteiger partial charge < -0.3 is 19.4 Å². The fourth-order valence-corrected chi connectivity index (χ4v) is 3.36. The Bertz CT molecular complexity index is 1190. The summed E-state index contributed by atoms with van der Waals surface area (Å²) < 4.78 is 12.0. The minimum atomic E-state index is -0.245. The van der Waals surface area contributed by atoms with Crippen LogP contribution in [0.3, 0.4) is 0 Å². The predicted molar refractivity (Wildman–Crippen MR) is 129 cm³/mol. The second-order valence-corrected chi connectivity index (χ2v) is 7.62. The third-order valence-electron chi connectivity index (χ3n) is 4.62. The maximum absolute atomic E-state index is 9.59. The van der Waals surface area contributed by atoms with Crippen LogP contribution in [0, 0.1) is 0 Å². The Morgan fingerprint density at radius 2 is 1.62 bits per heavy atom. The van der Waals surface area contributed by atoms with E-state index < -0.39 is 0 Å². The lowest BCUT2D eigenvalue weighted by Gasteiger charge is -2.11. The predicted octanol–water partition coefficient (Wildman–Crippen LogP) is 6.38. The molecule has 0 unspecified atom stereocenters. The molecule has 3 aromatic carbocycles. The summed E-state index contributed by atoms with van der Waals surface area (Å²) in [6.07, 6.45) is 0. The number of aryl methyl sites for hydroxylation is 1. The lowest BCUT2D eigenvalue weighted by atomic mass is 10.2. The van der Waals surface area contributed by atoms with Gasteiger partial charge in [0.25, 0.3) is 0 Å². The lowest BCUT2D eigenvalue weighted by molar-refractivity contribution is -0.137. The van der Waals surface area contributed by atoms with E-state index in [0.29, 0.717) is 22.3 Å². The fourth-order valence-electron chi connectivity index (χ4n) is 2.87. The molecule has 0 saturated heterocycles. The summed E-state index contributed by atoms with van der Waals surface area (Å²) in [5.41, 5.74) is 3.62. The van der Waals surface area contributed by atoms with Crippen molar-refractivity contribution in [2.45, 2.75) is 13.5 Å². The zero-order chi connectivity index (χ0) is 23.1. The third kappa shape index (κ3) is 5.93. The molecule has 0 aliphatic heterocycles. The van der Waals surface area contributed by atoms with E-state index in [2.05, 4.69) is 15.0 Å². The monoisotopic (exact) mass is 471 g/mol. The topological polar surface area (TPSA) is 65.4 Å². The first-order chi connectivity index (χ1) is 15.4. The highest BCUT2D eigenvalue weighted by Crippen LogP contribution is 2.33. The van der Waals surface area contributed by atoms with Gasteiger partial charge >= 0.3 is 5.97 Å². The smallest absolute Gasteiger partial charge is 0.302 e. The molecular formula is C24H23Cl2N3O3. The molecule has 0 aliphatic rings. The van der Waals surface area contributed by atoms with Crippen molar-refractivity contribution in [3.8, 4) is 5.75 Å². The van der Waals surface area contributed by atoms with Crippen LogP contribution in [-0.2, 0) is 23.2 Å². The Morgan fingerprint density at radius 1 is 1.00 bits per heavy atom. The Kier molecular flexibility index (Phi) is 7.98. The number of imidazole rings is 1. The highest BCUT2D eigenvalue weighted by Gasteiger charge is 2.08. The number of carbonyl (C=O) groups excluding carboxylic acids is 1. The molecule has 4 aromatic rings. The molecule has 0 amide bonds. The molecule has 4 rings (SSSR count). The summed E-state index contributed by atoms with van der Waals surface area (Å²) in [5, 5.41) is 4.38. The minimum Gasteiger partial charge on any atom is -0.486 e. The molecule has 0 saturated carbocycles. The maximum atomic E-state index is 9.59. The van der Waals surface area contributed by atoms with E-state index in [9.17, 15) is 4.79 Å². The quantitative estimate of drug-likeness (QED) is 0.342. The second-order valence-electron chi connectivity index (χ2n) is 6.81. The van der Waals surface area contributed by atoms with Crippen LogP contribution in [0.5, 0.6) is 5.75 Å². The number of esters is 1. The molecule has 32 heavy (non-hydrogen) atoms. The van der Waals surface area contributed by atoms with Gasteiger partial charge in [0.15, 0.2) is 0 Å². The van der Waals surface area contributed by atoms with Crippen LogP contribution in [0.4, 0.5) is 11.4 Å². The van der Waals surface area contributed by atoms with Gasteiger partial charge in [-0.15, -0.1) is 0 Å². The second kappa shape index (κ2) is 10.9. The molecule has 1 N–H and O–H groups in total. The molecule has 0 spiro atoms. The van der Waals surface area contributed by atoms with Gasteiger partial charge in [-0.2, -0.15) is 0 Å². The largest absolute Gasteiger partial charge is 0.486 e. The first-order valence-electron chi connectivity index (χ1n) is 9.78. The fraction of sp³-hybridized carbons (Fsp3) is 0.167. The number of benzene rings is 3. The number of nitrogens with one attached hydrogen (secondary N) is 1. The highest BCUT2D eigenvalue weighted by atomic mass is 35.5. The van der Waals surface area contributed by atoms with Crippen molar-refractivity contribution < 1.29 is 14.3 Å². The van der Waals surface area contributed by atoms with E-state index in [1.54, 1.807) is 12.1 Å². The molecule has 1 aromatic heterocycles. The van der Waals surface area contributed by atoms with Crippen molar-refractivity contribution >= 4 is 51.6 Å². The Hall–Kier alpha value is -3.22. The molecule has 8 heteroatoms. The number of hydrogen-bond donors (Lipinski definition) is 1. The normalized spacial score (nSPS) is 10.3. The van der Waals surface area contributed by atoms with E-state index in [0.717, 1.165) is 28.3 Å². The van der Waals surface area contributed by atoms with E-state index in [1.165, 1.54) is 14.0 Å². The molecule has 0 aliphatic carbocycles. The van der Waals surface area contributed by atoms with Gasteiger partial charge in [0, 0.05) is 19.7 Å². The van der Waals surface area contributed by atoms with Crippen LogP contribution in [-0.4, -0.2) is 22.6 Å². The summed E-state index contributed by atoms with van der Waals surface area (Å²) >= 11 is 12.4. The van der Waals surface area contributed by atoms with E-state index >= 15 is 0 Å². The first-order valence-corrected chi connectivity index (χ1v) is 10.5. The molecule has 0 fully saturated rings. The zero-order valence-corrected chi connectivity index (χ0v) is 19.4. The summed E-state index contributed by atoms with van der Waals surface area (Å²) in [6.45, 7) is 1.76. The number of fused-ring (bicyclic) bond motifs is 1. The van der Waals surface area contributed by atoms with Crippen molar-refractivity contribution in [3.05, 3.63) is 82.6 Å². The summed E-state index contributed by atoms with van der Waals surface area (Å²) in [4.78, 5) is 14.2. The number of para-hydroxylation sites is 3. The lowest BCUT2D eigenvalue weighted by Crippen LogP contribution is -2.03. The van der Waals surface area contributed by atoms with E-state index in [4.69, 9.17) is 27.9 Å². The number of halogens is 2. The summed E-state index contributed by atoms with van der Waals surface area (Å²) in [7, 11) is 3.34. The number of nitrogens with zero attached hydrogens (tertiary/aromatic N) is 2. The van der Waals surface area contributed by atoms with Gasteiger partial charge in [-0.25, -0.2) is 4.98 Å². The van der Waals surface area contributed by atoms with Gasteiger partial charge in [-0.1, -0.05) is 41.4 Å². The number of carbonyl (C=O) groups is 1. The average Bonchev–Trinajstić information content (AvgIpc) is 3.12. The van der Waals surface area contributed by atoms with Crippen molar-refractivity contribution in [1.29, 1.82) is 0 Å². The van der Waals surface area contributed by atoms with Crippen LogP contribution in [0.15, 0.2) is 66.7 Å². The molecule has 166 valence electrons. The summed E-state index contributed by atoms with van der Waals surface area (Å²) in [6, 6.07) is 21.1. The molecule has 1 heterocycles. The number of rotatable bonds is 5. The van der Waals surface area contributed by atoms with E-state index in [-0.39, 0.29) is 5.97 Å². The zero-order valence-electron chi connectivity index (χ0n) is 17.9. The SMILES string of the molecule is COC(C)=O.Cn1c(COc2ccc(Nc3c(Cl)cccc3Cl)cc2)nc2ccccc21. The Morgan fingerprint density at radius 3 is 2.22 bits per heavy atom. The van der Waals surface area contributed by atoms with Crippen molar-refractivity contribution in [1.82, 2.24) is 9.55 Å². The van der Waals surface area contributed by atoms with Gasteiger partial charge in [0.2, 0.25) is 0 Å². The molecule has 6 nitrogen and oxygen atoms in total. The number of ether oxygens (including phenoxy) is 2. The molecular weight excluding hydrogens is 449 g/mol. The number of methoxy groups -OCH3 is 1.